The number of rotatable bonds is 9. The van der Waals surface area contributed by atoms with E-state index < -0.39 is 15.9 Å². The van der Waals surface area contributed by atoms with E-state index in [1.807, 2.05) is 45.0 Å². The SMILES string of the molecule is CCOc1ccc(C(C)NC(=O)c2ccc(OC)c(S(=O)(=O)Nc3ccc(C)cc3)c2)cc1. The van der Waals surface area contributed by atoms with Gasteiger partial charge in [-0.15, -0.1) is 0 Å². The average molecular weight is 469 g/mol. The van der Waals surface area contributed by atoms with Gasteiger partial charge in [0.1, 0.15) is 16.4 Å². The van der Waals surface area contributed by atoms with E-state index in [0.29, 0.717) is 12.3 Å². The van der Waals surface area contributed by atoms with Gasteiger partial charge in [0.05, 0.1) is 19.8 Å². The summed E-state index contributed by atoms with van der Waals surface area (Å²) in [4.78, 5) is 12.8. The van der Waals surface area contributed by atoms with Gasteiger partial charge in [-0.2, -0.15) is 0 Å². The Kier molecular flexibility index (Phi) is 7.60. The van der Waals surface area contributed by atoms with Gasteiger partial charge < -0.3 is 14.8 Å². The smallest absolute Gasteiger partial charge is 0.265 e. The van der Waals surface area contributed by atoms with E-state index in [9.17, 15) is 13.2 Å². The third kappa shape index (κ3) is 6.04. The van der Waals surface area contributed by atoms with Gasteiger partial charge in [-0.1, -0.05) is 29.8 Å². The molecule has 0 fully saturated rings. The fourth-order valence-electron chi connectivity index (χ4n) is 3.24. The molecule has 3 rings (SSSR count). The molecule has 174 valence electrons. The molecular weight excluding hydrogens is 440 g/mol. The number of anilines is 1. The summed E-state index contributed by atoms with van der Waals surface area (Å²) in [7, 11) is -2.60. The Morgan fingerprint density at radius 1 is 1.00 bits per heavy atom. The first-order valence-corrected chi connectivity index (χ1v) is 12.0. The second kappa shape index (κ2) is 10.4. The van der Waals surface area contributed by atoms with Crippen LogP contribution in [0, 0.1) is 6.92 Å². The number of benzene rings is 3. The number of sulfonamides is 1. The molecule has 1 amide bonds. The second-order valence-electron chi connectivity index (χ2n) is 7.53. The van der Waals surface area contributed by atoms with Crippen LogP contribution in [0.5, 0.6) is 11.5 Å². The maximum atomic E-state index is 13.0. The molecule has 3 aromatic carbocycles. The number of aryl methyl sites for hydroxylation is 1. The van der Waals surface area contributed by atoms with Crippen LogP contribution in [0.25, 0.3) is 0 Å². The number of carbonyl (C=O) groups excluding carboxylic acids is 1. The fourth-order valence-corrected chi connectivity index (χ4v) is 4.50. The van der Waals surface area contributed by atoms with Crippen molar-refractivity contribution >= 4 is 21.6 Å². The molecule has 0 radical (unpaired) electrons. The summed E-state index contributed by atoms with van der Waals surface area (Å²) in [6, 6.07) is 18.4. The molecule has 0 heterocycles. The normalized spacial score (nSPS) is 12.0. The Balaban J connectivity index is 1.81. The Morgan fingerprint density at radius 3 is 2.27 bits per heavy atom. The van der Waals surface area contributed by atoms with Gasteiger partial charge in [-0.3, -0.25) is 9.52 Å². The molecule has 0 aliphatic rings. The van der Waals surface area contributed by atoms with Crippen molar-refractivity contribution in [3.05, 3.63) is 83.4 Å². The lowest BCUT2D eigenvalue weighted by Crippen LogP contribution is -2.27. The zero-order valence-corrected chi connectivity index (χ0v) is 19.9. The van der Waals surface area contributed by atoms with Gasteiger partial charge in [0.2, 0.25) is 0 Å². The number of hydrogen-bond acceptors (Lipinski definition) is 5. The van der Waals surface area contributed by atoms with Crippen molar-refractivity contribution in [2.75, 3.05) is 18.4 Å². The molecule has 8 heteroatoms. The highest BCUT2D eigenvalue weighted by molar-refractivity contribution is 7.92. The molecule has 7 nitrogen and oxygen atoms in total. The Bertz CT molecular complexity index is 1210. The summed E-state index contributed by atoms with van der Waals surface area (Å²) in [5, 5.41) is 2.90. The highest BCUT2D eigenvalue weighted by Crippen LogP contribution is 2.27. The van der Waals surface area contributed by atoms with E-state index in [0.717, 1.165) is 16.9 Å². The second-order valence-corrected chi connectivity index (χ2v) is 9.19. The van der Waals surface area contributed by atoms with Crippen LogP contribution in [0.3, 0.4) is 0 Å². The van der Waals surface area contributed by atoms with Gasteiger partial charge in [0.25, 0.3) is 15.9 Å². The van der Waals surface area contributed by atoms with Gasteiger partial charge in [-0.05, 0) is 68.8 Å². The van der Waals surface area contributed by atoms with Crippen molar-refractivity contribution in [2.45, 2.75) is 31.7 Å². The topological polar surface area (TPSA) is 93.7 Å². The molecule has 2 N–H and O–H groups in total. The highest BCUT2D eigenvalue weighted by Gasteiger charge is 2.22. The summed E-state index contributed by atoms with van der Waals surface area (Å²) in [5.41, 5.74) is 2.53. The molecule has 0 saturated carbocycles. The van der Waals surface area contributed by atoms with Crippen LogP contribution in [-0.2, 0) is 10.0 Å². The number of carbonyl (C=O) groups is 1. The fraction of sp³-hybridized carbons (Fsp3) is 0.240. The number of ether oxygens (including phenoxy) is 2. The maximum absolute atomic E-state index is 13.0. The first-order chi connectivity index (χ1) is 15.7. The summed E-state index contributed by atoms with van der Waals surface area (Å²) >= 11 is 0. The third-order valence-corrected chi connectivity index (χ3v) is 6.46. The van der Waals surface area contributed by atoms with E-state index in [1.165, 1.54) is 25.3 Å². The largest absolute Gasteiger partial charge is 0.495 e. The third-order valence-electron chi connectivity index (χ3n) is 5.06. The van der Waals surface area contributed by atoms with E-state index in [-0.39, 0.29) is 22.3 Å². The van der Waals surface area contributed by atoms with E-state index in [1.54, 1.807) is 24.3 Å². The zero-order chi connectivity index (χ0) is 24.0. The van der Waals surface area contributed by atoms with Crippen molar-refractivity contribution < 1.29 is 22.7 Å². The lowest BCUT2D eigenvalue weighted by molar-refractivity contribution is 0.0939. The summed E-state index contributed by atoms with van der Waals surface area (Å²) in [5.74, 6) is 0.502. The minimum atomic E-state index is -3.98. The number of nitrogens with one attached hydrogen (secondary N) is 2. The molecule has 0 aliphatic carbocycles. The lowest BCUT2D eigenvalue weighted by atomic mass is 10.1. The first kappa shape index (κ1) is 24.1. The van der Waals surface area contributed by atoms with Crippen LogP contribution in [0.15, 0.2) is 71.6 Å². The Labute approximate surface area is 194 Å². The summed E-state index contributed by atoms with van der Waals surface area (Å²) in [6.45, 7) is 6.26. The van der Waals surface area contributed by atoms with E-state index in [2.05, 4.69) is 10.0 Å². The van der Waals surface area contributed by atoms with Crippen LogP contribution in [0.4, 0.5) is 5.69 Å². The zero-order valence-electron chi connectivity index (χ0n) is 19.1. The van der Waals surface area contributed by atoms with E-state index in [4.69, 9.17) is 9.47 Å². The lowest BCUT2D eigenvalue weighted by Gasteiger charge is -2.16. The van der Waals surface area contributed by atoms with Crippen LogP contribution < -0.4 is 19.5 Å². The number of amides is 1. The summed E-state index contributed by atoms with van der Waals surface area (Å²) in [6.07, 6.45) is 0. The quantitative estimate of drug-likeness (QED) is 0.475. The van der Waals surface area contributed by atoms with Gasteiger partial charge >= 0.3 is 0 Å². The van der Waals surface area contributed by atoms with Crippen LogP contribution in [0.1, 0.15) is 41.4 Å². The highest BCUT2D eigenvalue weighted by atomic mass is 32.2. The van der Waals surface area contributed by atoms with Crippen molar-refractivity contribution in [1.29, 1.82) is 0 Å². The van der Waals surface area contributed by atoms with Gasteiger partial charge in [0.15, 0.2) is 0 Å². The number of hydrogen-bond donors (Lipinski definition) is 2. The van der Waals surface area contributed by atoms with E-state index >= 15 is 0 Å². The van der Waals surface area contributed by atoms with Crippen LogP contribution >= 0.6 is 0 Å². The molecule has 1 atom stereocenters. The molecular formula is C25H28N2O5S. The van der Waals surface area contributed by atoms with Crippen molar-refractivity contribution in [3.8, 4) is 11.5 Å². The Hall–Kier alpha value is -3.52. The molecule has 0 spiro atoms. The molecule has 0 bridgehead atoms. The minimum Gasteiger partial charge on any atom is -0.495 e. The van der Waals surface area contributed by atoms with Crippen LogP contribution in [0.2, 0.25) is 0 Å². The first-order valence-electron chi connectivity index (χ1n) is 10.5. The van der Waals surface area contributed by atoms with Crippen molar-refractivity contribution in [2.24, 2.45) is 0 Å². The van der Waals surface area contributed by atoms with Crippen molar-refractivity contribution in [3.63, 3.8) is 0 Å². The Morgan fingerprint density at radius 2 is 1.67 bits per heavy atom. The van der Waals surface area contributed by atoms with Gasteiger partial charge in [-0.25, -0.2) is 8.42 Å². The standard InChI is InChI=1S/C25H28N2O5S/c1-5-32-22-13-8-19(9-14-22)18(3)26-25(28)20-10-15-23(31-4)24(16-20)33(29,30)27-21-11-6-17(2)7-12-21/h6-16,18,27H,5H2,1-4H3,(H,26,28). The molecule has 0 aromatic heterocycles. The van der Waals surface area contributed by atoms with Gasteiger partial charge in [0, 0.05) is 11.3 Å². The average Bonchev–Trinajstić information content (AvgIpc) is 2.80. The van der Waals surface area contributed by atoms with Crippen molar-refractivity contribution in [1.82, 2.24) is 5.32 Å². The predicted octanol–water partition coefficient (Wildman–Crippen LogP) is 4.69. The monoisotopic (exact) mass is 468 g/mol. The molecule has 3 aromatic rings. The summed E-state index contributed by atoms with van der Waals surface area (Å²) < 4.78 is 39.3. The maximum Gasteiger partial charge on any atom is 0.265 e. The molecule has 33 heavy (non-hydrogen) atoms. The molecule has 0 saturated heterocycles. The molecule has 1 unspecified atom stereocenters. The molecule has 0 aliphatic heterocycles. The predicted molar refractivity (Wildman–Crippen MR) is 128 cm³/mol. The number of methoxy groups -OCH3 is 1. The minimum absolute atomic E-state index is 0.119. The van der Waals surface area contributed by atoms with Crippen LogP contribution in [-0.4, -0.2) is 28.0 Å².